The molecule has 0 amide bonds. The summed E-state index contributed by atoms with van der Waals surface area (Å²) in [4.78, 5) is 0. The van der Waals surface area contributed by atoms with Crippen molar-refractivity contribution in [2.24, 2.45) is 17.6 Å². The van der Waals surface area contributed by atoms with Crippen molar-refractivity contribution in [2.75, 3.05) is 61.7 Å². The number of methoxy groups -OCH3 is 1. The van der Waals surface area contributed by atoms with Crippen LogP contribution in [0.15, 0.2) is 261 Å². The van der Waals surface area contributed by atoms with Gasteiger partial charge in [0.15, 0.2) is 11.5 Å². The molecular weight excluding hydrogens is 1460 g/mol. The molecule has 2 aliphatic heterocycles. The lowest BCUT2D eigenvalue weighted by molar-refractivity contribution is 0.174. The van der Waals surface area contributed by atoms with Crippen molar-refractivity contribution in [3.8, 4) is 17.2 Å². The largest absolute Gasteiger partial charge is 0.493 e. The predicted molar refractivity (Wildman–Crippen MR) is 535 cm³/mol. The summed E-state index contributed by atoms with van der Waals surface area (Å²) in [7, 11) is 4.18. The van der Waals surface area contributed by atoms with Gasteiger partial charge in [0.25, 0.3) is 0 Å². The van der Waals surface area contributed by atoms with Crippen LogP contribution in [0.25, 0.3) is 0 Å². The maximum absolute atomic E-state index is 9.50. The van der Waals surface area contributed by atoms with E-state index in [1.54, 1.807) is 21.0 Å². The molecule has 9 aromatic carbocycles. The number of para-hydroxylation sites is 3. The molecule has 0 radical (unpaired) electrons. The minimum atomic E-state index is 0. The van der Waals surface area contributed by atoms with Crippen molar-refractivity contribution in [3.05, 3.63) is 305 Å². The Labute approximate surface area is 733 Å². The van der Waals surface area contributed by atoms with E-state index >= 15 is 0 Å². The summed E-state index contributed by atoms with van der Waals surface area (Å²) >= 11 is 0. The van der Waals surface area contributed by atoms with E-state index in [0.29, 0.717) is 62.6 Å². The normalized spacial score (nSPS) is 9.35. The van der Waals surface area contributed by atoms with Gasteiger partial charge in [-0.25, -0.2) is 0 Å². The van der Waals surface area contributed by atoms with Gasteiger partial charge in [-0.05, 0) is 157 Å². The second-order valence-corrected chi connectivity index (χ2v) is 27.0. The molecule has 4 N–H and O–H groups in total. The van der Waals surface area contributed by atoms with E-state index in [1.165, 1.54) is 58.0 Å². The fourth-order valence-corrected chi connectivity index (χ4v) is 8.01. The molecule has 0 spiro atoms. The molecule has 7 nitrogen and oxygen atoms in total. The first kappa shape index (κ1) is 139. The molecule has 0 unspecified atom stereocenters. The number of aliphatic hydroxyl groups is 2. The number of nitrogens with two attached hydrogens (primary N) is 1. The highest BCUT2D eigenvalue weighted by molar-refractivity contribution is 5.41. The maximum Gasteiger partial charge on any atom is 0.231 e. The molecule has 0 fully saturated rings. The molecule has 118 heavy (non-hydrogen) atoms. The number of hydrogen-bond donors (Lipinski definition) is 3. The van der Waals surface area contributed by atoms with Crippen molar-refractivity contribution in [1.29, 1.82) is 0 Å². The Morgan fingerprint density at radius 2 is 0.432 bits per heavy atom. The second kappa shape index (κ2) is 113. The van der Waals surface area contributed by atoms with Gasteiger partial charge in [0.2, 0.25) is 6.79 Å². The number of fused-ring (bicyclic) bond motifs is 2. The van der Waals surface area contributed by atoms with Crippen LogP contribution in [0.1, 0.15) is 336 Å². The molecule has 9 aromatic rings. The lowest BCUT2D eigenvalue weighted by atomic mass is 10.0. The fourth-order valence-electron chi connectivity index (χ4n) is 8.01. The van der Waals surface area contributed by atoms with E-state index in [4.69, 9.17) is 24.4 Å². The molecule has 2 heterocycles. The standard InChI is InChI=1S/C9H10O.7C9H12.C7H6O2.2C4H10.C3H8O.2C2H6O.5C2H6.2CH3F.CH5N.2CH4/c1-2-6-9-8(4-1)5-3-7-10-9;7*1-8(2)9-6-4-3-5-7-9;1-2-4-7-6(3-1)8-5-9-7;2*1-4(2)3;1-3-4-2;2*1-2-3;8*1-2;;/h1-2,4,6H,3,5,7H2;7*3-8H,1-2H3;1-4H,5H2;2*4H,1-3H3;3H2,1-2H3;2*3H,2H2,1H3;5*1-2H3;2*1H3;2H2,1H3;2*1H4. The quantitative estimate of drug-likeness (QED) is 0.139. The zero-order chi connectivity index (χ0) is 91.7. The van der Waals surface area contributed by atoms with Gasteiger partial charge in [0.05, 0.1) is 21.0 Å². The first-order valence-electron chi connectivity index (χ1n) is 43.2. The van der Waals surface area contributed by atoms with Crippen LogP contribution in [0, 0.1) is 11.8 Å². The highest BCUT2D eigenvalue weighted by atomic mass is 19.1. The fraction of sp³-hybridized carbons (Fsp3) is 0.505. The van der Waals surface area contributed by atoms with E-state index in [0.717, 1.165) is 48.7 Å². The van der Waals surface area contributed by atoms with Gasteiger partial charge in [0, 0.05) is 26.9 Å². The summed E-state index contributed by atoms with van der Waals surface area (Å²) in [5.41, 5.74) is 15.8. The Morgan fingerprint density at radius 1 is 0.288 bits per heavy atom. The lowest BCUT2D eigenvalue weighted by Crippen LogP contribution is -2.07. The molecule has 11 rings (SSSR count). The van der Waals surface area contributed by atoms with Gasteiger partial charge < -0.3 is 34.9 Å². The maximum atomic E-state index is 9.50. The van der Waals surface area contributed by atoms with Crippen molar-refractivity contribution in [2.45, 2.75) is 298 Å². The topological polar surface area (TPSA) is 103 Å². The van der Waals surface area contributed by atoms with Crippen molar-refractivity contribution >= 4 is 0 Å². The molecule has 0 saturated carbocycles. The molecule has 0 atom stereocenters. The number of alkyl halides is 2. The predicted octanol–water partition coefficient (Wildman–Crippen LogP) is 34.2. The highest BCUT2D eigenvalue weighted by Crippen LogP contribution is 2.30. The van der Waals surface area contributed by atoms with Crippen LogP contribution < -0.4 is 19.9 Å². The highest BCUT2D eigenvalue weighted by Gasteiger charge is 2.10. The van der Waals surface area contributed by atoms with Gasteiger partial charge >= 0.3 is 0 Å². The van der Waals surface area contributed by atoms with Gasteiger partial charge in [0.1, 0.15) is 5.75 Å². The Bertz CT molecular complexity index is 2610. The van der Waals surface area contributed by atoms with Gasteiger partial charge in [-0.3, -0.25) is 8.78 Å². The van der Waals surface area contributed by atoms with Crippen LogP contribution in [0.5, 0.6) is 17.2 Å². The van der Waals surface area contributed by atoms with Crippen molar-refractivity contribution in [1.82, 2.24) is 0 Å². The first-order valence-corrected chi connectivity index (χ1v) is 43.2. The van der Waals surface area contributed by atoms with E-state index in [1.807, 2.05) is 155 Å². The molecule has 680 valence electrons. The molecule has 0 aliphatic carbocycles. The average Bonchev–Trinajstić information content (AvgIpc) is 1.84. The number of aryl methyl sites for hydroxylation is 1. The smallest absolute Gasteiger partial charge is 0.231 e. The van der Waals surface area contributed by atoms with E-state index in [9.17, 15) is 8.78 Å². The Hall–Kier alpha value is -7.92. The number of ether oxygens (including phenoxy) is 4. The molecular formula is C109H189F2NO6. The van der Waals surface area contributed by atoms with E-state index in [-0.39, 0.29) is 28.1 Å². The Morgan fingerprint density at radius 3 is 0.568 bits per heavy atom. The van der Waals surface area contributed by atoms with E-state index in [2.05, 4.69) is 331 Å². The van der Waals surface area contributed by atoms with Crippen LogP contribution in [0.2, 0.25) is 0 Å². The first-order chi connectivity index (χ1) is 55.8. The van der Waals surface area contributed by atoms with Crippen LogP contribution in [-0.4, -0.2) is 71.9 Å². The van der Waals surface area contributed by atoms with Gasteiger partial charge in [-0.1, -0.05) is 465 Å². The molecule has 0 aromatic heterocycles. The average molecular weight is 1650 g/mol. The molecule has 2 aliphatic rings. The third-order valence-corrected chi connectivity index (χ3v) is 13.7. The number of halogens is 2. The zero-order valence-corrected chi connectivity index (χ0v) is 81.3. The van der Waals surface area contributed by atoms with Gasteiger partial charge in [-0.2, -0.15) is 0 Å². The summed E-state index contributed by atoms with van der Waals surface area (Å²) < 4.78 is 39.1. The van der Waals surface area contributed by atoms with Gasteiger partial charge in [-0.15, -0.1) is 0 Å². The monoisotopic (exact) mass is 1650 g/mol. The van der Waals surface area contributed by atoms with Crippen LogP contribution in [0.3, 0.4) is 0 Å². The number of rotatable bonds is 8. The lowest BCUT2D eigenvalue weighted by Gasteiger charge is -2.15. The minimum Gasteiger partial charge on any atom is -0.493 e. The summed E-state index contributed by atoms with van der Waals surface area (Å²) in [6.45, 7) is 71.7. The number of aliphatic hydroxyl groups excluding tert-OH is 2. The number of benzene rings is 9. The number of hydrogen-bond acceptors (Lipinski definition) is 7. The van der Waals surface area contributed by atoms with Crippen molar-refractivity contribution < 1.29 is 37.9 Å². The molecule has 0 saturated heterocycles. The van der Waals surface area contributed by atoms with Crippen LogP contribution in [-0.2, 0) is 11.2 Å². The third-order valence-electron chi connectivity index (χ3n) is 13.7. The Kier molecular flexibility index (Phi) is 133. The minimum absolute atomic E-state index is 0. The SMILES string of the molecule is C.C.CC.CC.CC.CC.CC.CC(C)C.CC(C)C.CC(C)c1ccccc1.CC(C)c1ccccc1.CC(C)c1ccccc1.CC(C)c1ccccc1.CC(C)c1ccccc1.CC(C)c1ccccc1.CC(C)c1ccccc1.CCO.CCO.CCOC.CF.CF.CN.c1ccc2c(c1)CCCO2.c1ccc2c(c1)OCO2. The Balaban J connectivity index is -0.0000000911. The summed E-state index contributed by atoms with van der Waals surface area (Å²) in [6, 6.07) is 89.5. The molecule has 0 bridgehead atoms. The third kappa shape index (κ3) is 98.7. The van der Waals surface area contributed by atoms with E-state index < -0.39 is 0 Å². The second-order valence-electron chi connectivity index (χ2n) is 27.0. The van der Waals surface area contributed by atoms with Crippen LogP contribution in [0.4, 0.5) is 8.78 Å². The summed E-state index contributed by atoms with van der Waals surface area (Å²) in [5.74, 6) is 9.04. The molecule has 9 heteroatoms. The van der Waals surface area contributed by atoms with Crippen LogP contribution >= 0.6 is 0 Å². The summed E-state index contributed by atoms with van der Waals surface area (Å²) in [6.07, 6.45) is 2.34. The zero-order valence-electron chi connectivity index (χ0n) is 81.3. The van der Waals surface area contributed by atoms with Crippen molar-refractivity contribution in [3.63, 3.8) is 0 Å². The summed E-state index contributed by atoms with van der Waals surface area (Å²) in [5, 5.41) is 15.1.